The Hall–Kier alpha value is -2.78. The number of hydrogen-bond donors (Lipinski definition) is 0. The maximum Gasteiger partial charge on any atom is 0.330 e. The maximum absolute atomic E-state index is 12.8. The van der Waals surface area contributed by atoms with Crippen LogP contribution in [-0.4, -0.2) is 45.7 Å². The Morgan fingerprint density at radius 3 is 1.11 bits per heavy atom. The maximum atomic E-state index is 12.8. The van der Waals surface area contributed by atoms with Crippen molar-refractivity contribution in [3.63, 3.8) is 0 Å². The van der Waals surface area contributed by atoms with Gasteiger partial charge in [-0.2, -0.15) is 0 Å². The third-order valence-electron chi connectivity index (χ3n) is 6.39. The molecule has 4 unspecified atom stereocenters. The Kier molecular flexibility index (Phi) is 4.24. The van der Waals surface area contributed by atoms with Crippen molar-refractivity contribution >= 4 is 35.6 Å². The van der Waals surface area contributed by atoms with Crippen LogP contribution >= 0.6 is 0 Å². The molecule has 2 saturated heterocycles. The lowest BCUT2D eigenvalue weighted by Crippen LogP contribution is -2.66. The molecule has 2 aliphatic heterocycles. The van der Waals surface area contributed by atoms with E-state index >= 15 is 0 Å². The second-order valence-corrected chi connectivity index (χ2v) is 7.84. The van der Waals surface area contributed by atoms with Crippen molar-refractivity contribution in [3.8, 4) is 0 Å². The SMILES string of the molecule is CC(=O)ON1C(=O)C2CCC3C(=O)N(OC(C)=O)C(=O)C4CCC(C1=O)C2C34. The van der Waals surface area contributed by atoms with E-state index in [1.165, 1.54) is 0 Å². The van der Waals surface area contributed by atoms with Crippen LogP contribution in [0.5, 0.6) is 0 Å². The first-order valence-electron chi connectivity index (χ1n) is 9.35. The first kappa shape index (κ1) is 18.6. The van der Waals surface area contributed by atoms with Crippen LogP contribution in [-0.2, 0) is 38.4 Å². The molecule has 0 aromatic rings. The van der Waals surface area contributed by atoms with Gasteiger partial charge in [-0.05, 0) is 37.5 Å². The average Bonchev–Trinajstić information content (AvgIpc) is 2.64. The molecule has 2 aliphatic carbocycles. The average molecular weight is 392 g/mol. The largest absolute Gasteiger partial charge is 0.331 e. The van der Waals surface area contributed by atoms with Crippen LogP contribution in [0.3, 0.4) is 0 Å². The van der Waals surface area contributed by atoms with Gasteiger partial charge >= 0.3 is 11.9 Å². The molecule has 4 atom stereocenters. The summed E-state index contributed by atoms with van der Waals surface area (Å²) in [4.78, 5) is 83.5. The van der Waals surface area contributed by atoms with E-state index in [9.17, 15) is 28.8 Å². The van der Waals surface area contributed by atoms with E-state index in [1.54, 1.807) is 0 Å². The number of nitrogens with zero attached hydrogens (tertiary/aromatic N) is 2. The molecule has 4 fully saturated rings. The second-order valence-electron chi connectivity index (χ2n) is 7.84. The van der Waals surface area contributed by atoms with Gasteiger partial charge in [0.05, 0.1) is 0 Å². The van der Waals surface area contributed by atoms with Gasteiger partial charge in [-0.1, -0.05) is 0 Å². The molecule has 2 heterocycles. The predicted octanol–water partition coefficient (Wildman–Crippen LogP) is -0.0350. The number of rotatable bonds is 2. The second kappa shape index (κ2) is 6.39. The summed E-state index contributed by atoms with van der Waals surface area (Å²) in [5.41, 5.74) is 0. The topological polar surface area (TPSA) is 127 Å². The summed E-state index contributed by atoms with van der Waals surface area (Å²) in [7, 11) is 0. The normalized spacial score (nSPS) is 36.8. The van der Waals surface area contributed by atoms with Crippen molar-refractivity contribution in [1.29, 1.82) is 0 Å². The Balaban J connectivity index is 1.69. The van der Waals surface area contributed by atoms with Gasteiger partial charge in [-0.15, -0.1) is 10.1 Å². The number of hydroxylamine groups is 4. The third-order valence-corrected chi connectivity index (χ3v) is 6.39. The Morgan fingerprint density at radius 2 is 0.893 bits per heavy atom. The van der Waals surface area contributed by atoms with Crippen molar-refractivity contribution in [2.45, 2.75) is 39.5 Å². The third kappa shape index (κ3) is 2.54. The van der Waals surface area contributed by atoms with E-state index in [-0.39, 0.29) is 0 Å². The van der Waals surface area contributed by atoms with Gasteiger partial charge in [0.2, 0.25) is 0 Å². The first-order chi connectivity index (χ1) is 13.2. The van der Waals surface area contributed by atoms with E-state index in [0.29, 0.717) is 35.8 Å². The number of carbonyl (C=O) groups is 6. The highest BCUT2D eigenvalue weighted by atomic mass is 16.7. The van der Waals surface area contributed by atoms with Crippen LogP contribution in [0.15, 0.2) is 0 Å². The van der Waals surface area contributed by atoms with Crippen LogP contribution in [0.1, 0.15) is 39.5 Å². The minimum absolute atomic E-state index is 0.326. The minimum Gasteiger partial charge on any atom is -0.331 e. The number of carbonyl (C=O) groups excluding carboxylic acids is 6. The summed E-state index contributed by atoms with van der Waals surface area (Å²) >= 11 is 0. The number of hydrogen-bond acceptors (Lipinski definition) is 8. The van der Waals surface area contributed by atoms with Crippen LogP contribution < -0.4 is 0 Å². The monoisotopic (exact) mass is 392 g/mol. The Bertz CT molecular complexity index is 693. The van der Waals surface area contributed by atoms with E-state index < -0.39 is 71.1 Å². The summed E-state index contributed by atoms with van der Waals surface area (Å²) in [6, 6.07) is 0. The van der Waals surface area contributed by atoms with Crippen molar-refractivity contribution in [1.82, 2.24) is 10.1 Å². The van der Waals surface area contributed by atoms with Crippen molar-refractivity contribution < 1.29 is 38.4 Å². The molecular weight excluding hydrogens is 372 g/mol. The summed E-state index contributed by atoms with van der Waals surface area (Å²) in [5, 5.41) is 1.12. The lowest BCUT2D eigenvalue weighted by molar-refractivity contribution is -0.232. The molecule has 0 spiro atoms. The van der Waals surface area contributed by atoms with Crippen molar-refractivity contribution in [3.05, 3.63) is 0 Å². The summed E-state index contributed by atoms with van der Waals surface area (Å²) < 4.78 is 0. The highest BCUT2D eigenvalue weighted by Gasteiger charge is 2.64. The zero-order valence-corrected chi connectivity index (χ0v) is 15.5. The summed E-state index contributed by atoms with van der Waals surface area (Å²) in [5.74, 6) is -7.19. The zero-order valence-electron chi connectivity index (χ0n) is 15.5. The number of imide groups is 2. The van der Waals surface area contributed by atoms with Gasteiger partial charge in [-0.25, -0.2) is 9.59 Å². The number of piperidine rings is 2. The summed E-state index contributed by atoms with van der Waals surface area (Å²) in [6.07, 6.45) is 1.30. The molecule has 0 aromatic heterocycles. The smallest absolute Gasteiger partial charge is 0.330 e. The Labute approximate surface area is 160 Å². The minimum atomic E-state index is -0.762. The van der Waals surface area contributed by atoms with Gasteiger partial charge in [0, 0.05) is 37.5 Å². The van der Waals surface area contributed by atoms with Gasteiger partial charge in [0.25, 0.3) is 23.6 Å². The fraction of sp³-hybridized carbons (Fsp3) is 0.667. The Morgan fingerprint density at radius 1 is 0.643 bits per heavy atom. The molecule has 150 valence electrons. The molecule has 4 rings (SSSR count). The molecular formula is C18H20N2O8. The highest BCUT2D eigenvalue weighted by molar-refractivity contribution is 6.03. The zero-order chi connectivity index (χ0) is 20.3. The molecule has 0 aromatic carbocycles. The van der Waals surface area contributed by atoms with Crippen LogP contribution in [0, 0.1) is 35.5 Å². The lowest BCUT2D eigenvalue weighted by atomic mass is 9.51. The van der Waals surface area contributed by atoms with Gasteiger partial charge in [0.1, 0.15) is 0 Å². The molecule has 28 heavy (non-hydrogen) atoms. The quantitative estimate of drug-likeness (QED) is 0.599. The van der Waals surface area contributed by atoms with Crippen molar-refractivity contribution in [2.75, 3.05) is 0 Å². The van der Waals surface area contributed by atoms with E-state index in [4.69, 9.17) is 9.68 Å². The molecule has 2 saturated carbocycles. The molecule has 0 radical (unpaired) electrons. The van der Waals surface area contributed by atoms with Crippen LogP contribution in [0.2, 0.25) is 0 Å². The van der Waals surface area contributed by atoms with E-state index in [1.807, 2.05) is 0 Å². The standard InChI is InChI=1S/C18H20N2O8/c1-7(21)27-19-15(23)9-3-5-11-14-12(6-4-10(13(9)14)16(19)24)18(26)20(17(11)25)28-8(2)22/h9-14H,3-6H2,1-2H3. The molecule has 0 bridgehead atoms. The lowest BCUT2D eigenvalue weighted by Gasteiger charge is -2.55. The van der Waals surface area contributed by atoms with Gasteiger partial charge < -0.3 is 9.68 Å². The molecule has 4 aliphatic rings. The predicted molar refractivity (Wildman–Crippen MR) is 86.6 cm³/mol. The van der Waals surface area contributed by atoms with Crippen LogP contribution in [0.4, 0.5) is 0 Å². The molecule has 0 N–H and O–H groups in total. The summed E-state index contributed by atoms with van der Waals surface area (Å²) in [6.45, 7) is 2.23. The fourth-order valence-electron chi connectivity index (χ4n) is 5.53. The molecule has 10 heteroatoms. The number of amides is 4. The molecule has 4 amide bonds. The molecule has 10 nitrogen and oxygen atoms in total. The van der Waals surface area contributed by atoms with Crippen LogP contribution in [0.25, 0.3) is 0 Å². The first-order valence-corrected chi connectivity index (χ1v) is 9.35. The van der Waals surface area contributed by atoms with E-state index in [2.05, 4.69) is 0 Å². The highest BCUT2D eigenvalue weighted by Crippen LogP contribution is 2.56. The van der Waals surface area contributed by atoms with E-state index in [0.717, 1.165) is 13.8 Å². The van der Waals surface area contributed by atoms with Crippen molar-refractivity contribution in [2.24, 2.45) is 35.5 Å². The van der Waals surface area contributed by atoms with Gasteiger partial charge in [0.15, 0.2) is 0 Å². The van der Waals surface area contributed by atoms with Gasteiger partial charge in [-0.3, -0.25) is 19.2 Å². The fourth-order valence-corrected chi connectivity index (χ4v) is 5.53.